The first-order chi connectivity index (χ1) is 6.94. The van der Waals surface area contributed by atoms with Crippen molar-refractivity contribution >= 4 is 13.4 Å². The number of Topliss-reactive ketones (excluding diaryl/α,β-unsaturated/α-hetero) is 1. The van der Waals surface area contributed by atoms with Gasteiger partial charge < -0.3 is 0 Å². The Morgan fingerprint density at radius 2 is 2.20 bits per heavy atom. The third kappa shape index (κ3) is 4.46. The number of carbonyl (C=O) groups is 1. The second-order valence-corrected chi connectivity index (χ2v) is 7.04. The number of hydrogen-bond donors (Lipinski definition) is 4. The molecule has 1 rings (SSSR count). The van der Waals surface area contributed by atoms with Crippen molar-refractivity contribution in [2.45, 2.75) is 16.9 Å². The van der Waals surface area contributed by atoms with Gasteiger partial charge in [-0.05, 0) is 0 Å². The van der Waals surface area contributed by atoms with Crippen LogP contribution in [0.4, 0.5) is 0 Å². The quantitative estimate of drug-likeness (QED) is 0.179. The van der Waals surface area contributed by atoms with Crippen LogP contribution in [0.3, 0.4) is 0 Å². The number of piperidine rings is 1. The van der Waals surface area contributed by atoms with Crippen LogP contribution in [0.2, 0.25) is 0 Å². The molecule has 2 atom stereocenters. The van der Waals surface area contributed by atoms with Crippen molar-refractivity contribution in [3.05, 3.63) is 0 Å². The van der Waals surface area contributed by atoms with Crippen LogP contribution in [0.15, 0.2) is 0 Å². The summed E-state index contributed by atoms with van der Waals surface area (Å²) in [4.78, 5) is 28.9. The van der Waals surface area contributed by atoms with Gasteiger partial charge in [-0.1, -0.05) is 0 Å². The van der Waals surface area contributed by atoms with Gasteiger partial charge in [0, 0.05) is 0 Å². The van der Waals surface area contributed by atoms with Crippen LogP contribution in [-0.4, -0.2) is 35.8 Å². The van der Waals surface area contributed by atoms with Gasteiger partial charge in [0.1, 0.15) is 0 Å². The first-order valence-corrected chi connectivity index (χ1v) is 8.52. The maximum atomic E-state index is 11.6. The summed E-state index contributed by atoms with van der Waals surface area (Å²) in [6.45, 7) is 0.755. The van der Waals surface area contributed by atoms with Gasteiger partial charge in [-0.3, -0.25) is 0 Å². The fourth-order valence-corrected chi connectivity index (χ4v) is 3.90. The van der Waals surface area contributed by atoms with Crippen LogP contribution in [-0.2, 0) is 9.36 Å². The standard InChI is InChI=1S/C7H14INO5P/c10-6(4-15(12,13)14)5-2-1-3-9-7(5)8-11/h5,7,9,11H,1-4H2,(H2,12,13,14)/q-1/t5-,7-/m1/s1. The number of alkyl halides is 1. The third-order valence-corrected chi connectivity index (χ3v) is 4.90. The van der Waals surface area contributed by atoms with Gasteiger partial charge in [0.05, 0.1) is 0 Å². The summed E-state index contributed by atoms with van der Waals surface area (Å²) in [5.41, 5.74) is 0. The fourth-order valence-electron chi connectivity index (χ4n) is 1.60. The number of halogens is 1. The molecule has 1 fully saturated rings. The molecule has 1 aliphatic heterocycles. The van der Waals surface area contributed by atoms with Gasteiger partial charge in [-0.2, -0.15) is 0 Å². The summed E-state index contributed by atoms with van der Waals surface area (Å²) >= 11 is -1.12. The molecule has 1 aliphatic rings. The Hall–Kier alpha value is 0.470. The zero-order valence-corrected chi connectivity index (χ0v) is 11.0. The van der Waals surface area contributed by atoms with E-state index < -0.39 is 47.1 Å². The van der Waals surface area contributed by atoms with Crippen LogP contribution < -0.4 is 26.9 Å². The van der Waals surface area contributed by atoms with E-state index in [2.05, 4.69) is 5.32 Å². The Labute approximate surface area is 98.4 Å². The van der Waals surface area contributed by atoms with Gasteiger partial charge in [0.15, 0.2) is 0 Å². The molecule has 0 unspecified atom stereocenters. The van der Waals surface area contributed by atoms with Crippen molar-refractivity contribution < 1.29 is 44.2 Å². The minimum absolute atomic E-state index is 0.253. The summed E-state index contributed by atoms with van der Waals surface area (Å²) < 4.78 is 19.5. The molecule has 0 aliphatic carbocycles. The molecule has 0 spiro atoms. The molecule has 15 heavy (non-hydrogen) atoms. The average molecular weight is 350 g/mol. The van der Waals surface area contributed by atoms with Crippen LogP contribution in [0.1, 0.15) is 12.8 Å². The molecule has 1 saturated heterocycles. The Morgan fingerprint density at radius 1 is 1.53 bits per heavy atom. The first kappa shape index (κ1) is 13.5. The SMILES string of the molecule is O=C(CP(=O)(O)O)[C@H]1CCCN[C@H]1[I-]O. The summed E-state index contributed by atoms with van der Waals surface area (Å²) in [5, 5.41) is 3.01. The van der Waals surface area contributed by atoms with Crippen molar-refractivity contribution in [1.29, 1.82) is 0 Å². The van der Waals surface area contributed by atoms with Crippen molar-refractivity contribution in [2.24, 2.45) is 5.92 Å². The van der Waals surface area contributed by atoms with Crippen LogP contribution in [0.25, 0.3) is 0 Å². The molecule has 4 N–H and O–H groups in total. The van der Waals surface area contributed by atoms with E-state index in [1.165, 1.54) is 0 Å². The van der Waals surface area contributed by atoms with E-state index in [0.717, 1.165) is 13.0 Å². The van der Waals surface area contributed by atoms with E-state index in [-0.39, 0.29) is 4.05 Å². The summed E-state index contributed by atoms with van der Waals surface area (Å²) in [5.74, 6) is -0.863. The number of ketones is 1. The molecular weight excluding hydrogens is 336 g/mol. The van der Waals surface area contributed by atoms with Crippen molar-refractivity contribution in [2.75, 3.05) is 12.7 Å². The molecule has 0 bridgehead atoms. The Bertz CT molecular complexity index is 281. The second-order valence-electron chi connectivity index (χ2n) is 3.49. The van der Waals surface area contributed by atoms with Crippen molar-refractivity contribution in [1.82, 2.24) is 5.32 Å². The average Bonchev–Trinajstić information content (AvgIpc) is 2.15. The van der Waals surface area contributed by atoms with Gasteiger partial charge in [-0.25, -0.2) is 0 Å². The molecule has 1 heterocycles. The van der Waals surface area contributed by atoms with E-state index in [0.29, 0.717) is 6.42 Å². The Kier molecular flexibility index (Phi) is 5.14. The zero-order valence-electron chi connectivity index (χ0n) is 7.97. The summed E-state index contributed by atoms with van der Waals surface area (Å²) in [6.07, 6.45) is 0.703. The van der Waals surface area contributed by atoms with Gasteiger partial charge in [0.25, 0.3) is 0 Å². The topological polar surface area (TPSA) is 107 Å². The molecule has 0 aromatic heterocycles. The predicted molar refractivity (Wildman–Crippen MR) is 48.7 cm³/mol. The minimum atomic E-state index is -4.27. The normalized spacial score (nSPS) is 27.9. The molecule has 0 aromatic carbocycles. The summed E-state index contributed by atoms with van der Waals surface area (Å²) in [6, 6.07) is 0. The number of rotatable bonds is 4. The van der Waals surface area contributed by atoms with Crippen LogP contribution in [0.5, 0.6) is 0 Å². The monoisotopic (exact) mass is 350 g/mol. The molecule has 8 heteroatoms. The van der Waals surface area contributed by atoms with E-state index in [1.807, 2.05) is 0 Å². The number of hydrogen-bond acceptors (Lipinski definition) is 4. The molecule has 0 aromatic rings. The van der Waals surface area contributed by atoms with E-state index in [4.69, 9.17) is 13.2 Å². The maximum absolute atomic E-state index is 11.6. The molecule has 6 nitrogen and oxygen atoms in total. The van der Waals surface area contributed by atoms with E-state index in [9.17, 15) is 9.36 Å². The molecule has 0 radical (unpaired) electrons. The molecular formula is C7H14INO5P-. The van der Waals surface area contributed by atoms with Crippen LogP contribution >= 0.6 is 7.60 Å². The molecule has 0 amide bonds. The van der Waals surface area contributed by atoms with Crippen molar-refractivity contribution in [3.8, 4) is 0 Å². The van der Waals surface area contributed by atoms with Gasteiger partial charge in [0.2, 0.25) is 0 Å². The third-order valence-electron chi connectivity index (χ3n) is 2.27. The zero-order chi connectivity index (χ0) is 11.5. The fraction of sp³-hybridized carbons (Fsp3) is 0.857. The van der Waals surface area contributed by atoms with Crippen molar-refractivity contribution in [3.63, 3.8) is 0 Å². The Balaban J connectivity index is 2.60. The van der Waals surface area contributed by atoms with E-state index >= 15 is 0 Å². The molecule has 90 valence electrons. The second kappa shape index (κ2) is 5.70. The molecule has 0 saturated carbocycles. The van der Waals surface area contributed by atoms with E-state index in [1.54, 1.807) is 0 Å². The Morgan fingerprint density at radius 3 is 2.73 bits per heavy atom. The number of nitrogens with one attached hydrogen (secondary N) is 1. The van der Waals surface area contributed by atoms with Crippen LogP contribution in [0, 0.1) is 5.92 Å². The predicted octanol–water partition coefficient (Wildman–Crippen LogP) is -3.94. The summed E-state index contributed by atoms with van der Waals surface area (Å²) in [7, 11) is -4.27. The number of carbonyl (C=O) groups excluding carboxylic acids is 1. The first-order valence-electron chi connectivity index (χ1n) is 4.52. The van der Waals surface area contributed by atoms with Gasteiger partial charge in [-0.15, -0.1) is 0 Å². The van der Waals surface area contributed by atoms with Gasteiger partial charge >= 0.3 is 98.4 Å².